The zero-order valence-electron chi connectivity index (χ0n) is 25.9. The number of allylic oxidation sites excluding steroid dienone is 2. The maximum absolute atomic E-state index is 12.4. The number of H-pyrrole nitrogens is 1. The van der Waals surface area contributed by atoms with Gasteiger partial charge in [0.1, 0.15) is 0 Å². The molecular formula is C33H42N4O6. The molecule has 1 aromatic heterocycles. The Kier molecular flexibility index (Phi) is 9.57. The number of hydrogen-bond acceptors (Lipinski definition) is 5. The van der Waals surface area contributed by atoms with Gasteiger partial charge >= 0.3 is 11.9 Å². The summed E-state index contributed by atoms with van der Waals surface area (Å²) < 4.78 is 0. The van der Waals surface area contributed by atoms with Gasteiger partial charge in [0.2, 0.25) is 11.8 Å². The highest BCUT2D eigenvalue weighted by atomic mass is 16.4. The van der Waals surface area contributed by atoms with E-state index in [-0.39, 0.29) is 36.7 Å². The molecular weight excluding hydrogens is 548 g/mol. The van der Waals surface area contributed by atoms with Crippen molar-refractivity contribution in [1.29, 1.82) is 0 Å². The van der Waals surface area contributed by atoms with E-state index in [1.807, 2.05) is 47.6 Å². The number of carbonyl (C=O) groups excluding carboxylic acids is 2. The molecule has 3 aliphatic rings. The molecule has 0 aromatic carbocycles. The molecule has 4 rings (SSSR count). The van der Waals surface area contributed by atoms with Crippen LogP contribution in [0.5, 0.6) is 0 Å². The lowest BCUT2D eigenvalue weighted by Gasteiger charge is -2.14. The quantitative estimate of drug-likeness (QED) is 0.224. The average Bonchev–Trinajstić information content (AvgIpc) is 3.59. The molecule has 0 saturated carbocycles. The van der Waals surface area contributed by atoms with Crippen molar-refractivity contribution < 1.29 is 29.4 Å². The van der Waals surface area contributed by atoms with Crippen molar-refractivity contribution in [2.45, 2.75) is 105 Å². The van der Waals surface area contributed by atoms with Gasteiger partial charge in [-0.1, -0.05) is 13.8 Å². The molecule has 1 aromatic rings. The SMILES string of the molecule is CCC1=C(C)[C@@H](CC2=N/C(=C/c3[nH]c(C[C@@H]4NC(=O)C(C)=C4CC)c(C)c3CCC(=O)O)C(CCC(=O)O)=C2C)NC1=O. The third-order valence-corrected chi connectivity index (χ3v) is 9.09. The van der Waals surface area contributed by atoms with Crippen LogP contribution in [0.1, 0.15) is 95.7 Å². The summed E-state index contributed by atoms with van der Waals surface area (Å²) in [5.74, 6) is -1.93. The minimum absolute atomic E-state index is 0.0459. The van der Waals surface area contributed by atoms with E-state index in [1.54, 1.807) is 0 Å². The van der Waals surface area contributed by atoms with E-state index in [2.05, 4.69) is 15.6 Å². The Morgan fingerprint density at radius 2 is 1.49 bits per heavy atom. The number of aliphatic imine (C=N–C) groups is 1. The van der Waals surface area contributed by atoms with Gasteiger partial charge in [0, 0.05) is 53.9 Å². The number of aromatic amines is 1. The molecule has 0 radical (unpaired) electrons. The van der Waals surface area contributed by atoms with E-state index in [4.69, 9.17) is 4.99 Å². The van der Waals surface area contributed by atoms with E-state index in [9.17, 15) is 29.4 Å². The van der Waals surface area contributed by atoms with E-state index in [0.717, 1.165) is 68.1 Å². The van der Waals surface area contributed by atoms with Gasteiger partial charge in [-0.3, -0.25) is 24.2 Å². The van der Waals surface area contributed by atoms with Crippen LogP contribution in [-0.4, -0.2) is 56.7 Å². The second-order valence-corrected chi connectivity index (χ2v) is 11.6. The van der Waals surface area contributed by atoms with Crippen molar-refractivity contribution in [3.05, 3.63) is 61.7 Å². The Balaban J connectivity index is 1.74. The van der Waals surface area contributed by atoms with Crippen LogP contribution in [0.3, 0.4) is 0 Å². The van der Waals surface area contributed by atoms with Crippen molar-refractivity contribution in [2.24, 2.45) is 4.99 Å². The largest absolute Gasteiger partial charge is 0.481 e. The number of aliphatic carboxylic acids is 2. The lowest BCUT2D eigenvalue weighted by atomic mass is 9.95. The number of nitrogens with zero attached hydrogens (tertiary/aromatic N) is 1. The van der Waals surface area contributed by atoms with Crippen molar-refractivity contribution in [1.82, 2.24) is 15.6 Å². The molecule has 0 bridgehead atoms. The third-order valence-electron chi connectivity index (χ3n) is 9.09. The maximum Gasteiger partial charge on any atom is 0.303 e. The van der Waals surface area contributed by atoms with Crippen LogP contribution in [-0.2, 0) is 32.0 Å². The van der Waals surface area contributed by atoms with Crippen molar-refractivity contribution in [3.8, 4) is 0 Å². The lowest BCUT2D eigenvalue weighted by Crippen LogP contribution is -2.31. The molecule has 0 aliphatic carbocycles. The highest BCUT2D eigenvalue weighted by Gasteiger charge is 2.32. The van der Waals surface area contributed by atoms with Crippen molar-refractivity contribution in [2.75, 3.05) is 0 Å². The minimum Gasteiger partial charge on any atom is -0.481 e. The first-order valence-electron chi connectivity index (χ1n) is 15.0. The maximum atomic E-state index is 12.4. The van der Waals surface area contributed by atoms with Gasteiger partial charge in [-0.2, -0.15) is 0 Å². The van der Waals surface area contributed by atoms with Gasteiger partial charge in [-0.05, 0) is 92.9 Å². The summed E-state index contributed by atoms with van der Waals surface area (Å²) in [4.78, 5) is 56.3. The zero-order valence-corrected chi connectivity index (χ0v) is 25.9. The van der Waals surface area contributed by atoms with Gasteiger partial charge in [0.25, 0.3) is 0 Å². The first kappa shape index (κ1) is 31.7. The number of amides is 2. The minimum atomic E-state index is -0.906. The first-order valence-corrected chi connectivity index (χ1v) is 15.0. The predicted octanol–water partition coefficient (Wildman–Crippen LogP) is 4.70. The molecule has 0 fully saturated rings. The fourth-order valence-corrected chi connectivity index (χ4v) is 6.49. The molecule has 4 heterocycles. The normalized spacial score (nSPS) is 21.3. The van der Waals surface area contributed by atoms with Crippen LogP contribution in [0, 0.1) is 6.92 Å². The Bertz CT molecular complexity index is 1530. The summed E-state index contributed by atoms with van der Waals surface area (Å²) in [7, 11) is 0. The number of hydrogen-bond donors (Lipinski definition) is 5. The number of carboxylic acid groups (broad SMARTS) is 2. The van der Waals surface area contributed by atoms with Crippen LogP contribution >= 0.6 is 0 Å². The second kappa shape index (κ2) is 13.0. The summed E-state index contributed by atoms with van der Waals surface area (Å²) in [6.07, 6.45) is 4.84. The number of aromatic nitrogens is 1. The second-order valence-electron chi connectivity index (χ2n) is 11.6. The van der Waals surface area contributed by atoms with Crippen LogP contribution in [0.25, 0.3) is 6.08 Å². The molecule has 0 unspecified atom stereocenters. The first-order chi connectivity index (χ1) is 20.4. The molecule has 5 N–H and O–H groups in total. The van der Waals surface area contributed by atoms with Crippen LogP contribution in [0.4, 0.5) is 0 Å². The van der Waals surface area contributed by atoms with Gasteiger partial charge in [-0.15, -0.1) is 0 Å². The topological polar surface area (TPSA) is 161 Å². The highest BCUT2D eigenvalue weighted by molar-refractivity contribution is 6.07. The Morgan fingerprint density at radius 1 is 0.837 bits per heavy atom. The zero-order chi connectivity index (χ0) is 31.6. The van der Waals surface area contributed by atoms with E-state index >= 15 is 0 Å². The standard InChI is InChI=1S/C33H42N4O6/c1-7-20-19(6)32(42)37-27(20)14-25-18(5)23(10-12-31(40)41)29(35-25)15-28-22(9-11-30(38)39)17(4)24(34-28)13-26-16(3)21(8-2)33(43)36-26/h15,26-27,35H,7-14H2,1-6H3,(H,36,43)(H,37,42)(H,38,39)(H,40,41)/b28-15+/t26-,27+/m1/s1. The Morgan fingerprint density at radius 3 is 2.09 bits per heavy atom. The van der Waals surface area contributed by atoms with E-state index in [0.29, 0.717) is 37.8 Å². The van der Waals surface area contributed by atoms with Crippen molar-refractivity contribution >= 4 is 35.5 Å². The summed E-state index contributed by atoms with van der Waals surface area (Å²) in [5.41, 5.74) is 10.2. The third kappa shape index (κ3) is 6.58. The average molecular weight is 591 g/mol. The summed E-state index contributed by atoms with van der Waals surface area (Å²) in [6.45, 7) is 11.7. The number of nitrogens with one attached hydrogen (secondary N) is 3. The number of carbonyl (C=O) groups is 4. The number of rotatable bonds is 13. The summed E-state index contributed by atoms with van der Waals surface area (Å²) >= 11 is 0. The van der Waals surface area contributed by atoms with Crippen LogP contribution in [0.15, 0.2) is 44.1 Å². The van der Waals surface area contributed by atoms with Gasteiger partial charge in [-0.25, -0.2) is 0 Å². The molecule has 0 saturated heterocycles. The molecule has 0 spiro atoms. The van der Waals surface area contributed by atoms with Crippen LogP contribution < -0.4 is 10.6 Å². The predicted molar refractivity (Wildman–Crippen MR) is 165 cm³/mol. The monoisotopic (exact) mass is 590 g/mol. The smallest absolute Gasteiger partial charge is 0.303 e. The van der Waals surface area contributed by atoms with E-state index in [1.165, 1.54) is 0 Å². The Hall–Kier alpha value is -4.21. The molecule has 10 heteroatoms. The fourth-order valence-electron chi connectivity index (χ4n) is 6.49. The molecule has 2 amide bonds. The molecule has 2 atom stereocenters. The Labute approximate surface area is 252 Å². The van der Waals surface area contributed by atoms with Gasteiger partial charge < -0.3 is 25.8 Å². The molecule has 43 heavy (non-hydrogen) atoms. The van der Waals surface area contributed by atoms with E-state index < -0.39 is 11.9 Å². The fraction of sp³-hybridized carbons (Fsp3) is 0.485. The summed E-state index contributed by atoms with van der Waals surface area (Å²) in [6, 6.07) is -0.314. The van der Waals surface area contributed by atoms with Gasteiger partial charge in [0.05, 0.1) is 17.8 Å². The molecule has 230 valence electrons. The van der Waals surface area contributed by atoms with Gasteiger partial charge in [0.15, 0.2) is 0 Å². The molecule has 10 nitrogen and oxygen atoms in total. The molecule has 3 aliphatic heterocycles. The summed E-state index contributed by atoms with van der Waals surface area (Å²) in [5, 5.41) is 25.0. The van der Waals surface area contributed by atoms with Crippen LogP contribution in [0.2, 0.25) is 0 Å². The lowest BCUT2D eigenvalue weighted by molar-refractivity contribution is -0.138. The van der Waals surface area contributed by atoms with Crippen molar-refractivity contribution in [3.63, 3.8) is 0 Å². The number of carboxylic acids is 2. The highest BCUT2D eigenvalue weighted by Crippen LogP contribution is 2.35.